The van der Waals surface area contributed by atoms with Gasteiger partial charge in [-0.15, -0.1) is 0 Å². The van der Waals surface area contributed by atoms with Crippen molar-refractivity contribution in [2.24, 2.45) is 0 Å². The topological polar surface area (TPSA) is 58.6 Å². The van der Waals surface area contributed by atoms with Gasteiger partial charge in [-0.1, -0.05) is 75.1 Å². The summed E-state index contributed by atoms with van der Waals surface area (Å²) < 4.78 is 5.81. The molecule has 33 heavy (non-hydrogen) atoms. The zero-order valence-corrected chi connectivity index (χ0v) is 20.3. The Hall–Kier alpha value is -2.82. The molecule has 0 spiro atoms. The number of rotatable bonds is 10. The van der Waals surface area contributed by atoms with Crippen LogP contribution in [0, 0.1) is 6.92 Å². The summed E-state index contributed by atoms with van der Waals surface area (Å²) in [5, 5.41) is 3.21. The fraction of sp³-hybridized carbons (Fsp3) is 0.500. The molecule has 1 aliphatic carbocycles. The third-order valence-corrected chi connectivity index (χ3v) is 6.50. The number of amides is 2. The van der Waals surface area contributed by atoms with Crippen LogP contribution in [0.4, 0.5) is 0 Å². The van der Waals surface area contributed by atoms with Gasteiger partial charge < -0.3 is 15.0 Å². The highest BCUT2D eigenvalue weighted by Crippen LogP contribution is 2.20. The summed E-state index contributed by atoms with van der Waals surface area (Å²) in [5.74, 6) is 0.425. The maximum atomic E-state index is 13.3. The second-order valence-corrected chi connectivity index (χ2v) is 9.06. The first-order valence-electron chi connectivity index (χ1n) is 12.4. The van der Waals surface area contributed by atoms with Crippen molar-refractivity contribution in [3.05, 3.63) is 65.2 Å². The molecule has 0 heterocycles. The third kappa shape index (κ3) is 7.34. The summed E-state index contributed by atoms with van der Waals surface area (Å²) in [6.45, 7) is 6.39. The average Bonchev–Trinajstić information content (AvgIpc) is 2.84. The summed E-state index contributed by atoms with van der Waals surface area (Å²) in [6.07, 6.45) is 7.09. The van der Waals surface area contributed by atoms with E-state index in [0.717, 1.165) is 43.2 Å². The highest BCUT2D eigenvalue weighted by atomic mass is 16.5. The van der Waals surface area contributed by atoms with Gasteiger partial charge in [-0.3, -0.25) is 9.59 Å². The third-order valence-electron chi connectivity index (χ3n) is 6.50. The predicted molar refractivity (Wildman–Crippen MR) is 132 cm³/mol. The lowest BCUT2D eigenvalue weighted by Gasteiger charge is -2.32. The molecule has 0 unspecified atom stereocenters. The molecule has 178 valence electrons. The van der Waals surface area contributed by atoms with Crippen molar-refractivity contribution >= 4 is 11.8 Å². The van der Waals surface area contributed by atoms with Gasteiger partial charge in [0.1, 0.15) is 11.8 Å². The predicted octanol–water partition coefficient (Wildman–Crippen LogP) is 5.19. The van der Waals surface area contributed by atoms with Crippen LogP contribution in [-0.4, -0.2) is 35.4 Å². The number of carbonyl (C=O) groups excluding carboxylic acids is 2. The molecule has 0 aromatic heterocycles. The number of aryl methyl sites for hydroxylation is 2. The number of hydrogen-bond acceptors (Lipinski definition) is 3. The van der Waals surface area contributed by atoms with Gasteiger partial charge in [0.05, 0.1) is 0 Å². The molecule has 1 atom stereocenters. The van der Waals surface area contributed by atoms with Crippen LogP contribution in [0.25, 0.3) is 0 Å². The van der Waals surface area contributed by atoms with Gasteiger partial charge in [0.2, 0.25) is 5.91 Å². The van der Waals surface area contributed by atoms with Crippen LogP contribution in [0.1, 0.15) is 69.1 Å². The van der Waals surface area contributed by atoms with Gasteiger partial charge in [0.25, 0.3) is 5.91 Å². The molecule has 1 saturated carbocycles. The molecule has 0 saturated heterocycles. The van der Waals surface area contributed by atoms with Crippen LogP contribution in [0.3, 0.4) is 0 Å². The molecule has 0 radical (unpaired) electrons. The number of benzene rings is 2. The zero-order valence-electron chi connectivity index (χ0n) is 20.3. The minimum atomic E-state index is -0.521. The van der Waals surface area contributed by atoms with Crippen molar-refractivity contribution in [3.63, 3.8) is 0 Å². The number of ether oxygens (including phenoxy) is 1. The van der Waals surface area contributed by atoms with E-state index in [1.807, 2.05) is 62.4 Å². The van der Waals surface area contributed by atoms with Crippen molar-refractivity contribution < 1.29 is 14.3 Å². The monoisotopic (exact) mass is 450 g/mol. The lowest BCUT2D eigenvalue weighted by Crippen LogP contribution is -2.52. The first-order chi connectivity index (χ1) is 16.0. The maximum absolute atomic E-state index is 13.3. The smallest absolute Gasteiger partial charge is 0.261 e. The highest BCUT2D eigenvalue weighted by Gasteiger charge is 2.30. The SMILES string of the molecule is CCc1ccc(OCC(=O)N(Cc2ccc(C)cc2)[C@H](CC)C(=O)NC2CCCCC2)cc1. The van der Waals surface area contributed by atoms with E-state index in [9.17, 15) is 9.59 Å². The first-order valence-corrected chi connectivity index (χ1v) is 12.4. The van der Waals surface area contributed by atoms with Crippen molar-refractivity contribution in [1.82, 2.24) is 10.2 Å². The van der Waals surface area contributed by atoms with Gasteiger partial charge in [0.15, 0.2) is 6.61 Å². The highest BCUT2D eigenvalue weighted by molar-refractivity contribution is 5.88. The maximum Gasteiger partial charge on any atom is 0.261 e. The molecule has 3 rings (SSSR count). The van der Waals surface area contributed by atoms with Crippen LogP contribution in [0.5, 0.6) is 5.75 Å². The van der Waals surface area contributed by atoms with Crippen LogP contribution in [0.15, 0.2) is 48.5 Å². The Morgan fingerprint density at radius 3 is 2.21 bits per heavy atom. The summed E-state index contributed by atoms with van der Waals surface area (Å²) in [7, 11) is 0. The Morgan fingerprint density at radius 2 is 1.61 bits per heavy atom. The molecule has 2 aromatic rings. The lowest BCUT2D eigenvalue weighted by molar-refractivity contribution is -0.143. The second-order valence-electron chi connectivity index (χ2n) is 9.06. The van der Waals surface area contributed by atoms with Crippen LogP contribution >= 0.6 is 0 Å². The Bertz CT molecular complexity index is 886. The molecule has 1 fully saturated rings. The molecule has 0 bridgehead atoms. The van der Waals surface area contributed by atoms with Gasteiger partial charge >= 0.3 is 0 Å². The molecule has 5 heteroatoms. The minimum absolute atomic E-state index is 0.0582. The standard InChI is InChI=1S/C28H38N2O3/c1-4-22-15-17-25(18-16-22)33-20-27(31)30(19-23-13-11-21(3)12-14-23)26(5-2)28(32)29-24-9-7-6-8-10-24/h11-18,24,26H,4-10,19-20H2,1-3H3,(H,29,32)/t26-/m1/s1. The van der Waals surface area contributed by atoms with Gasteiger partial charge in [-0.2, -0.15) is 0 Å². The molecule has 5 nitrogen and oxygen atoms in total. The van der Waals surface area contributed by atoms with Crippen molar-refractivity contribution in [1.29, 1.82) is 0 Å². The Morgan fingerprint density at radius 1 is 0.970 bits per heavy atom. The van der Waals surface area contributed by atoms with E-state index in [-0.39, 0.29) is 24.5 Å². The van der Waals surface area contributed by atoms with Crippen molar-refractivity contribution in [2.75, 3.05) is 6.61 Å². The molecule has 0 aliphatic heterocycles. The molecular weight excluding hydrogens is 412 g/mol. The van der Waals surface area contributed by atoms with Crippen LogP contribution < -0.4 is 10.1 Å². The molecular formula is C28H38N2O3. The number of nitrogens with zero attached hydrogens (tertiary/aromatic N) is 1. The molecule has 2 aromatic carbocycles. The molecule has 2 amide bonds. The average molecular weight is 451 g/mol. The van der Waals surface area contributed by atoms with Gasteiger partial charge in [-0.05, 0) is 55.9 Å². The van der Waals surface area contributed by atoms with E-state index >= 15 is 0 Å². The Kier molecular flexibility index (Phi) is 9.35. The fourth-order valence-electron chi connectivity index (χ4n) is 4.40. The number of carbonyl (C=O) groups is 2. The normalized spacial score (nSPS) is 15.0. The summed E-state index contributed by atoms with van der Waals surface area (Å²) >= 11 is 0. The molecule has 1 N–H and O–H groups in total. The van der Waals surface area contributed by atoms with Crippen LogP contribution in [0.2, 0.25) is 0 Å². The van der Waals surface area contributed by atoms with E-state index in [4.69, 9.17) is 4.74 Å². The van der Waals surface area contributed by atoms with Gasteiger partial charge in [-0.25, -0.2) is 0 Å². The van der Waals surface area contributed by atoms with E-state index in [1.54, 1.807) is 4.90 Å². The lowest BCUT2D eigenvalue weighted by atomic mass is 9.95. The second kappa shape index (κ2) is 12.4. The number of hydrogen-bond donors (Lipinski definition) is 1. The minimum Gasteiger partial charge on any atom is -0.484 e. The fourth-order valence-corrected chi connectivity index (χ4v) is 4.40. The zero-order chi connectivity index (χ0) is 23.6. The van der Waals surface area contributed by atoms with Crippen LogP contribution in [-0.2, 0) is 22.6 Å². The first kappa shape index (κ1) is 24.8. The van der Waals surface area contributed by atoms with E-state index < -0.39 is 6.04 Å². The number of nitrogens with one attached hydrogen (secondary N) is 1. The van der Waals surface area contributed by atoms with E-state index in [1.165, 1.54) is 12.0 Å². The van der Waals surface area contributed by atoms with Crippen molar-refractivity contribution in [2.45, 2.75) is 84.3 Å². The van der Waals surface area contributed by atoms with E-state index in [2.05, 4.69) is 12.2 Å². The van der Waals surface area contributed by atoms with E-state index in [0.29, 0.717) is 18.7 Å². The summed E-state index contributed by atoms with van der Waals surface area (Å²) in [5.41, 5.74) is 3.39. The Labute approximate surface area is 198 Å². The quantitative estimate of drug-likeness (QED) is 0.542. The Balaban J connectivity index is 1.73. The molecule has 1 aliphatic rings. The summed E-state index contributed by atoms with van der Waals surface area (Å²) in [6, 6.07) is 15.6. The largest absolute Gasteiger partial charge is 0.484 e. The van der Waals surface area contributed by atoms with Crippen molar-refractivity contribution in [3.8, 4) is 5.75 Å². The van der Waals surface area contributed by atoms with Gasteiger partial charge in [0, 0.05) is 12.6 Å². The summed E-state index contributed by atoms with van der Waals surface area (Å²) in [4.78, 5) is 28.2.